The van der Waals surface area contributed by atoms with Crippen LogP contribution in [0.4, 0.5) is 8.78 Å². The summed E-state index contributed by atoms with van der Waals surface area (Å²) in [5.74, 6) is -1.06. The molecule has 0 spiro atoms. The highest BCUT2D eigenvalue weighted by Crippen LogP contribution is 2.18. The van der Waals surface area contributed by atoms with Crippen molar-refractivity contribution in [3.63, 3.8) is 0 Å². The number of halogens is 3. The average molecular weight is 333 g/mol. The van der Waals surface area contributed by atoms with Crippen LogP contribution in [0.5, 0.6) is 0 Å². The first-order valence-corrected chi connectivity index (χ1v) is 7.45. The van der Waals surface area contributed by atoms with Crippen molar-refractivity contribution in [1.29, 1.82) is 0 Å². The number of carbonyl (C=O) groups excluding carboxylic acids is 1. The van der Waals surface area contributed by atoms with Crippen LogP contribution in [0, 0.1) is 17.6 Å². The maximum Gasteiger partial charge on any atom is 0.222 e. The molecule has 124 valence electrons. The maximum absolute atomic E-state index is 13.1. The van der Waals surface area contributed by atoms with Gasteiger partial charge in [-0.3, -0.25) is 4.79 Å². The summed E-state index contributed by atoms with van der Waals surface area (Å²) in [4.78, 5) is 13.7. The highest BCUT2D eigenvalue weighted by Gasteiger charge is 2.16. The fourth-order valence-corrected chi connectivity index (χ4v) is 2.69. The fraction of sp³-hybridized carbons (Fsp3) is 0.562. The van der Waals surface area contributed by atoms with E-state index in [2.05, 4.69) is 5.32 Å². The van der Waals surface area contributed by atoms with Crippen molar-refractivity contribution in [2.24, 2.45) is 5.92 Å². The van der Waals surface area contributed by atoms with Crippen molar-refractivity contribution in [1.82, 2.24) is 10.2 Å². The highest BCUT2D eigenvalue weighted by molar-refractivity contribution is 5.85. The Morgan fingerprint density at radius 1 is 1.27 bits per heavy atom. The van der Waals surface area contributed by atoms with Gasteiger partial charge in [-0.15, -0.1) is 12.4 Å². The number of benzene rings is 1. The predicted octanol–water partition coefficient (Wildman–Crippen LogP) is 3.12. The Kier molecular flexibility index (Phi) is 7.76. The molecular weight excluding hydrogens is 310 g/mol. The Bertz CT molecular complexity index is 493. The predicted molar refractivity (Wildman–Crippen MR) is 84.9 cm³/mol. The first kappa shape index (κ1) is 18.8. The summed E-state index contributed by atoms with van der Waals surface area (Å²) in [5.41, 5.74) is 0.603. The molecule has 1 amide bonds. The van der Waals surface area contributed by atoms with Crippen LogP contribution in [0.2, 0.25) is 0 Å². The molecule has 1 aliphatic heterocycles. The lowest BCUT2D eigenvalue weighted by Gasteiger charge is -2.23. The fourth-order valence-electron chi connectivity index (χ4n) is 2.69. The van der Waals surface area contributed by atoms with Gasteiger partial charge in [0.2, 0.25) is 5.91 Å². The molecule has 0 bridgehead atoms. The Balaban J connectivity index is 0.00000242. The molecule has 3 nitrogen and oxygen atoms in total. The van der Waals surface area contributed by atoms with Crippen molar-refractivity contribution >= 4 is 18.3 Å². The quantitative estimate of drug-likeness (QED) is 0.898. The number of piperidine rings is 1. The van der Waals surface area contributed by atoms with Crippen LogP contribution in [0.3, 0.4) is 0 Å². The Morgan fingerprint density at radius 2 is 1.95 bits per heavy atom. The van der Waals surface area contributed by atoms with Gasteiger partial charge in [0.1, 0.15) is 0 Å². The number of hydrogen-bond donors (Lipinski definition) is 1. The second-order valence-corrected chi connectivity index (χ2v) is 5.73. The van der Waals surface area contributed by atoms with E-state index >= 15 is 0 Å². The summed E-state index contributed by atoms with van der Waals surface area (Å²) >= 11 is 0. The van der Waals surface area contributed by atoms with E-state index in [1.807, 2.05) is 0 Å². The highest BCUT2D eigenvalue weighted by atomic mass is 35.5. The van der Waals surface area contributed by atoms with Gasteiger partial charge in [-0.2, -0.15) is 0 Å². The van der Waals surface area contributed by atoms with Gasteiger partial charge in [-0.05, 0) is 56.0 Å². The summed E-state index contributed by atoms with van der Waals surface area (Å²) in [6, 6.07) is 3.75. The molecule has 0 aliphatic carbocycles. The van der Waals surface area contributed by atoms with E-state index in [1.54, 1.807) is 11.9 Å². The van der Waals surface area contributed by atoms with Gasteiger partial charge in [0.15, 0.2) is 11.6 Å². The molecule has 0 unspecified atom stereocenters. The molecular formula is C16H23ClF2N2O. The molecule has 1 N–H and O–H groups in total. The molecule has 1 aromatic carbocycles. The zero-order valence-electron chi connectivity index (χ0n) is 12.8. The van der Waals surface area contributed by atoms with Crippen molar-refractivity contribution in [3.8, 4) is 0 Å². The number of rotatable bonds is 5. The number of amides is 1. The molecule has 6 heteroatoms. The van der Waals surface area contributed by atoms with E-state index < -0.39 is 11.6 Å². The van der Waals surface area contributed by atoms with Crippen LogP contribution < -0.4 is 5.32 Å². The second-order valence-electron chi connectivity index (χ2n) is 5.73. The van der Waals surface area contributed by atoms with E-state index in [4.69, 9.17) is 0 Å². The largest absolute Gasteiger partial charge is 0.341 e. The molecule has 1 aliphatic rings. The average Bonchev–Trinajstić information content (AvgIpc) is 2.49. The van der Waals surface area contributed by atoms with Crippen LogP contribution in [-0.4, -0.2) is 30.9 Å². The topological polar surface area (TPSA) is 32.3 Å². The molecule has 0 atom stereocenters. The third kappa shape index (κ3) is 5.54. The first-order chi connectivity index (χ1) is 10.1. The molecule has 0 saturated carbocycles. The smallest absolute Gasteiger partial charge is 0.222 e. The summed E-state index contributed by atoms with van der Waals surface area (Å²) in [6.45, 7) is 2.37. The van der Waals surface area contributed by atoms with Gasteiger partial charge in [0.05, 0.1) is 0 Å². The SMILES string of the molecule is CN(Cc1ccc(F)c(F)c1)C(=O)CCC1CCNCC1.Cl. The van der Waals surface area contributed by atoms with E-state index in [1.165, 1.54) is 6.07 Å². The van der Waals surface area contributed by atoms with Crippen molar-refractivity contribution in [2.45, 2.75) is 32.2 Å². The lowest BCUT2D eigenvalue weighted by Crippen LogP contribution is -2.30. The first-order valence-electron chi connectivity index (χ1n) is 7.45. The van der Waals surface area contributed by atoms with E-state index in [0.717, 1.165) is 44.5 Å². The Hall–Kier alpha value is -1.20. The zero-order valence-corrected chi connectivity index (χ0v) is 13.6. The molecule has 0 aromatic heterocycles. The minimum absolute atomic E-state index is 0. The lowest BCUT2D eigenvalue weighted by atomic mass is 9.93. The van der Waals surface area contributed by atoms with Gasteiger partial charge in [-0.1, -0.05) is 6.07 Å². The van der Waals surface area contributed by atoms with Gasteiger partial charge >= 0.3 is 0 Å². The van der Waals surface area contributed by atoms with E-state index in [0.29, 0.717) is 24.4 Å². The minimum Gasteiger partial charge on any atom is -0.341 e. The molecule has 1 aromatic rings. The van der Waals surface area contributed by atoms with Crippen molar-refractivity contribution in [3.05, 3.63) is 35.4 Å². The van der Waals surface area contributed by atoms with Crippen molar-refractivity contribution < 1.29 is 13.6 Å². The standard InChI is InChI=1S/C16H22F2N2O.ClH/c1-20(11-13-2-4-14(17)15(18)10-13)16(21)5-3-12-6-8-19-9-7-12;/h2,4,10,12,19H,3,5-9,11H2,1H3;1H. The molecule has 1 heterocycles. The van der Waals surface area contributed by atoms with E-state index in [-0.39, 0.29) is 18.3 Å². The monoisotopic (exact) mass is 332 g/mol. The van der Waals surface area contributed by atoms with Crippen LogP contribution in [0.25, 0.3) is 0 Å². The van der Waals surface area contributed by atoms with Gasteiger partial charge in [-0.25, -0.2) is 8.78 Å². The second kappa shape index (κ2) is 9.06. The van der Waals surface area contributed by atoms with Gasteiger partial charge < -0.3 is 10.2 Å². The van der Waals surface area contributed by atoms with Gasteiger partial charge in [0, 0.05) is 20.0 Å². The zero-order chi connectivity index (χ0) is 15.2. The summed E-state index contributed by atoms with van der Waals surface area (Å²) in [7, 11) is 1.70. The Labute approximate surface area is 136 Å². The third-order valence-corrected chi connectivity index (χ3v) is 4.05. The molecule has 1 saturated heterocycles. The van der Waals surface area contributed by atoms with Gasteiger partial charge in [0.25, 0.3) is 0 Å². The normalized spacial score (nSPS) is 15.2. The third-order valence-electron chi connectivity index (χ3n) is 4.05. The Morgan fingerprint density at radius 3 is 2.59 bits per heavy atom. The minimum atomic E-state index is -0.872. The van der Waals surface area contributed by atoms with Crippen molar-refractivity contribution in [2.75, 3.05) is 20.1 Å². The summed E-state index contributed by atoms with van der Waals surface area (Å²) in [6.07, 6.45) is 3.67. The maximum atomic E-state index is 13.1. The van der Waals surface area contributed by atoms with E-state index in [9.17, 15) is 13.6 Å². The van der Waals surface area contributed by atoms with Crippen LogP contribution in [0.1, 0.15) is 31.2 Å². The molecule has 22 heavy (non-hydrogen) atoms. The molecule has 0 radical (unpaired) electrons. The number of carbonyl (C=O) groups is 1. The summed E-state index contributed by atoms with van der Waals surface area (Å²) in [5, 5.41) is 3.31. The number of nitrogens with one attached hydrogen (secondary N) is 1. The lowest BCUT2D eigenvalue weighted by molar-refractivity contribution is -0.130. The number of hydrogen-bond acceptors (Lipinski definition) is 2. The molecule has 1 fully saturated rings. The number of nitrogens with zero attached hydrogens (tertiary/aromatic N) is 1. The molecule has 2 rings (SSSR count). The van der Waals surface area contributed by atoms with Crippen LogP contribution in [0.15, 0.2) is 18.2 Å². The van der Waals surface area contributed by atoms with Crippen LogP contribution >= 0.6 is 12.4 Å². The summed E-state index contributed by atoms with van der Waals surface area (Å²) < 4.78 is 26.0. The van der Waals surface area contributed by atoms with Crippen LogP contribution in [-0.2, 0) is 11.3 Å².